The number of thiazole rings is 1. The average molecular weight is 470 g/mol. The predicted octanol–water partition coefficient (Wildman–Crippen LogP) is 5.62. The summed E-state index contributed by atoms with van der Waals surface area (Å²) in [5, 5.41) is 8.63. The maximum absolute atomic E-state index is 6.26. The van der Waals surface area contributed by atoms with E-state index in [0.29, 0.717) is 29.2 Å². The van der Waals surface area contributed by atoms with Crippen LogP contribution in [0.3, 0.4) is 0 Å². The first-order chi connectivity index (χ1) is 12.6. The van der Waals surface area contributed by atoms with Crippen molar-refractivity contribution in [2.75, 3.05) is 5.32 Å². The Labute approximate surface area is 171 Å². The molecule has 26 heavy (non-hydrogen) atoms. The maximum Gasteiger partial charge on any atom is 0.177 e. The molecule has 0 aliphatic heterocycles. The minimum Gasteiger partial charge on any atom is -0.456 e. The second-order valence-corrected chi connectivity index (χ2v) is 8.76. The highest BCUT2D eigenvalue weighted by Gasteiger charge is 2.21. The molecule has 3 N–H and O–H groups in total. The molecule has 0 spiro atoms. The van der Waals surface area contributed by atoms with Crippen LogP contribution in [0.15, 0.2) is 44.0 Å². The van der Waals surface area contributed by atoms with Gasteiger partial charge in [-0.1, -0.05) is 17.7 Å². The maximum atomic E-state index is 6.26. The Balaban J connectivity index is 1.65. The molecule has 0 amide bonds. The zero-order valence-corrected chi connectivity index (χ0v) is 17.4. The summed E-state index contributed by atoms with van der Waals surface area (Å²) in [6, 6.07) is 5.65. The number of anilines is 1. The van der Waals surface area contributed by atoms with Crippen molar-refractivity contribution in [3.8, 4) is 0 Å². The summed E-state index contributed by atoms with van der Waals surface area (Å²) in [6.07, 6.45) is 2.27. The van der Waals surface area contributed by atoms with Gasteiger partial charge in [-0.25, -0.2) is 9.97 Å². The van der Waals surface area contributed by atoms with Gasteiger partial charge in [-0.05, 0) is 27.4 Å². The van der Waals surface area contributed by atoms with Gasteiger partial charge in [0.1, 0.15) is 21.4 Å². The SMILES string of the molecule is N[C@H](Cc1oc2c(NCc3cccs3)cc(Cl)nc2c1Br)c1nccs1. The van der Waals surface area contributed by atoms with Crippen LogP contribution in [-0.4, -0.2) is 9.97 Å². The summed E-state index contributed by atoms with van der Waals surface area (Å²) in [6.45, 7) is 0.694. The third-order valence-electron chi connectivity index (χ3n) is 3.83. The Bertz CT molecular complexity index is 1020. The van der Waals surface area contributed by atoms with Gasteiger partial charge in [0.15, 0.2) is 5.58 Å². The van der Waals surface area contributed by atoms with Gasteiger partial charge in [0, 0.05) is 35.5 Å². The lowest BCUT2D eigenvalue weighted by Gasteiger charge is -2.06. The number of aromatic nitrogens is 2. The summed E-state index contributed by atoms with van der Waals surface area (Å²) in [5.41, 5.74) is 8.42. The predicted molar refractivity (Wildman–Crippen MR) is 111 cm³/mol. The van der Waals surface area contributed by atoms with Crippen LogP contribution in [0.5, 0.6) is 0 Å². The van der Waals surface area contributed by atoms with Crippen LogP contribution in [0.2, 0.25) is 5.15 Å². The van der Waals surface area contributed by atoms with Gasteiger partial charge in [0.2, 0.25) is 0 Å². The van der Waals surface area contributed by atoms with E-state index in [1.807, 2.05) is 16.8 Å². The molecule has 4 heterocycles. The zero-order valence-electron chi connectivity index (χ0n) is 13.4. The van der Waals surface area contributed by atoms with E-state index >= 15 is 0 Å². The van der Waals surface area contributed by atoms with Crippen LogP contribution in [0.25, 0.3) is 11.1 Å². The van der Waals surface area contributed by atoms with Crippen molar-refractivity contribution in [3.05, 3.63) is 60.4 Å². The molecule has 0 fully saturated rings. The van der Waals surface area contributed by atoms with Gasteiger partial charge in [-0.2, -0.15) is 0 Å². The lowest BCUT2D eigenvalue weighted by molar-refractivity contribution is 0.518. The number of thiophene rings is 1. The molecule has 4 aromatic heterocycles. The van der Waals surface area contributed by atoms with Crippen molar-refractivity contribution in [1.82, 2.24) is 9.97 Å². The third kappa shape index (κ3) is 3.65. The normalized spacial score (nSPS) is 12.6. The lowest BCUT2D eigenvalue weighted by atomic mass is 10.2. The van der Waals surface area contributed by atoms with Crippen LogP contribution < -0.4 is 11.1 Å². The molecule has 0 aliphatic carbocycles. The monoisotopic (exact) mass is 468 g/mol. The highest BCUT2D eigenvalue weighted by atomic mass is 79.9. The summed E-state index contributed by atoms with van der Waals surface area (Å²) >= 11 is 13.0. The van der Waals surface area contributed by atoms with E-state index in [1.165, 1.54) is 16.2 Å². The van der Waals surface area contributed by atoms with Crippen LogP contribution in [0.1, 0.15) is 21.7 Å². The molecular weight excluding hydrogens is 456 g/mol. The van der Waals surface area contributed by atoms with E-state index in [0.717, 1.165) is 20.9 Å². The van der Waals surface area contributed by atoms with Gasteiger partial charge in [-0.3, -0.25) is 0 Å². The molecule has 9 heteroatoms. The Morgan fingerprint density at radius 2 is 2.23 bits per heavy atom. The Kier molecular flexibility index (Phi) is 5.28. The number of halogens is 2. The second kappa shape index (κ2) is 7.66. The molecule has 4 aromatic rings. The van der Waals surface area contributed by atoms with Crippen molar-refractivity contribution in [2.45, 2.75) is 19.0 Å². The molecule has 0 aromatic carbocycles. The minimum atomic E-state index is -0.232. The number of hydrogen-bond donors (Lipinski definition) is 2. The van der Waals surface area contributed by atoms with E-state index in [1.54, 1.807) is 23.6 Å². The summed E-state index contributed by atoms with van der Waals surface area (Å²) in [5.74, 6) is 0.733. The number of nitrogens with one attached hydrogen (secondary N) is 1. The summed E-state index contributed by atoms with van der Waals surface area (Å²) in [7, 11) is 0. The second-order valence-electron chi connectivity index (χ2n) is 5.62. The standard InChI is InChI=1S/C17H14BrClN4OS2/c18-14-12(6-10(20)17-21-3-5-26-17)24-16-11(7-13(19)23-15(14)16)22-8-9-2-1-4-25-9/h1-5,7,10H,6,8,20H2,(H,22,23)/t10-/m1/s1. The molecule has 0 aliphatic rings. The smallest absolute Gasteiger partial charge is 0.177 e. The molecule has 0 bridgehead atoms. The molecule has 1 atom stereocenters. The Morgan fingerprint density at radius 3 is 2.96 bits per heavy atom. The quantitative estimate of drug-likeness (QED) is 0.359. The molecular formula is C17H14BrClN4OS2. The first kappa shape index (κ1) is 17.9. The fraction of sp³-hybridized carbons (Fsp3) is 0.176. The number of nitrogens with two attached hydrogens (primary N) is 1. The van der Waals surface area contributed by atoms with Crippen LogP contribution in [0.4, 0.5) is 5.69 Å². The molecule has 134 valence electrons. The Hall–Kier alpha value is -1.45. The van der Waals surface area contributed by atoms with Gasteiger partial charge < -0.3 is 15.5 Å². The first-order valence-corrected chi connectivity index (χ1v) is 10.7. The van der Waals surface area contributed by atoms with Gasteiger partial charge in [0.25, 0.3) is 0 Å². The van der Waals surface area contributed by atoms with Crippen LogP contribution >= 0.6 is 50.2 Å². The number of pyridine rings is 1. The fourth-order valence-electron chi connectivity index (χ4n) is 2.62. The van der Waals surface area contributed by atoms with Crippen LogP contribution in [0, 0.1) is 0 Å². The highest BCUT2D eigenvalue weighted by molar-refractivity contribution is 9.10. The van der Waals surface area contributed by atoms with E-state index in [4.69, 9.17) is 21.8 Å². The first-order valence-electron chi connectivity index (χ1n) is 7.80. The Morgan fingerprint density at radius 1 is 1.35 bits per heavy atom. The van der Waals surface area contributed by atoms with Crippen molar-refractivity contribution in [3.63, 3.8) is 0 Å². The number of furan rings is 1. The van der Waals surface area contributed by atoms with Crippen molar-refractivity contribution in [1.29, 1.82) is 0 Å². The van der Waals surface area contributed by atoms with E-state index in [9.17, 15) is 0 Å². The van der Waals surface area contributed by atoms with Gasteiger partial charge in [0.05, 0.1) is 16.2 Å². The topological polar surface area (TPSA) is 77.0 Å². The van der Waals surface area contributed by atoms with Crippen molar-refractivity contribution < 1.29 is 4.42 Å². The fourth-order valence-corrected chi connectivity index (χ4v) is 4.61. The molecule has 5 nitrogen and oxygen atoms in total. The summed E-state index contributed by atoms with van der Waals surface area (Å²) in [4.78, 5) is 9.90. The van der Waals surface area contributed by atoms with Gasteiger partial charge in [-0.15, -0.1) is 22.7 Å². The molecule has 0 saturated carbocycles. The van der Waals surface area contributed by atoms with Crippen LogP contribution in [-0.2, 0) is 13.0 Å². The van der Waals surface area contributed by atoms with E-state index in [-0.39, 0.29) is 6.04 Å². The number of rotatable bonds is 6. The zero-order chi connectivity index (χ0) is 18.1. The average Bonchev–Trinajstić information content (AvgIpc) is 3.36. The molecule has 0 radical (unpaired) electrons. The third-order valence-corrected chi connectivity index (χ3v) is 6.62. The molecule has 4 rings (SSSR count). The van der Waals surface area contributed by atoms with E-state index < -0.39 is 0 Å². The highest BCUT2D eigenvalue weighted by Crippen LogP contribution is 2.37. The molecule has 0 unspecified atom stereocenters. The minimum absolute atomic E-state index is 0.232. The number of hydrogen-bond acceptors (Lipinski definition) is 7. The van der Waals surface area contributed by atoms with Crippen molar-refractivity contribution >= 4 is 67.0 Å². The van der Waals surface area contributed by atoms with Crippen molar-refractivity contribution in [2.24, 2.45) is 5.73 Å². The molecule has 0 saturated heterocycles. The number of fused-ring (bicyclic) bond motifs is 1. The lowest BCUT2D eigenvalue weighted by Crippen LogP contribution is -2.12. The van der Waals surface area contributed by atoms with E-state index in [2.05, 4.69) is 37.3 Å². The summed E-state index contributed by atoms with van der Waals surface area (Å²) < 4.78 is 6.87. The number of nitrogens with zero attached hydrogens (tertiary/aromatic N) is 2. The largest absolute Gasteiger partial charge is 0.456 e. The van der Waals surface area contributed by atoms with Gasteiger partial charge >= 0.3 is 0 Å².